The fourth-order valence-corrected chi connectivity index (χ4v) is 3.98. The number of rotatable bonds is 4. The molecule has 2 saturated heterocycles. The number of morpholine rings is 1. The van der Waals surface area contributed by atoms with Crippen molar-refractivity contribution in [2.24, 2.45) is 0 Å². The molecule has 2 aromatic carbocycles. The predicted octanol–water partition coefficient (Wildman–Crippen LogP) is 3.13. The second-order valence-corrected chi connectivity index (χ2v) is 7.78. The zero-order chi connectivity index (χ0) is 19.3. The summed E-state index contributed by atoms with van der Waals surface area (Å²) in [5.74, 6) is 0.102. The Morgan fingerprint density at radius 3 is 2.32 bits per heavy atom. The maximum Gasteiger partial charge on any atom is 0.254 e. The van der Waals surface area contributed by atoms with Crippen molar-refractivity contribution in [2.45, 2.75) is 6.54 Å². The van der Waals surface area contributed by atoms with Crippen LogP contribution in [0.2, 0.25) is 5.02 Å². The number of halogens is 1. The molecule has 2 aliphatic heterocycles. The molecular weight excluding hydrogens is 374 g/mol. The molecule has 5 nitrogen and oxygen atoms in total. The van der Waals surface area contributed by atoms with E-state index in [2.05, 4.69) is 28.0 Å². The van der Waals surface area contributed by atoms with Crippen LogP contribution in [-0.4, -0.2) is 68.2 Å². The molecule has 0 aliphatic carbocycles. The molecule has 1 amide bonds. The summed E-state index contributed by atoms with van der Waals surface area (Å²) in [7, 11) is 0. The molecule has 0 saturated carbocycles. The van der Waals surface area contributed by atoms with Crippen molar-refractivity contribution in [3.8, 4) is 0 Å². The molecule has 2 aliphatic rings. The summed E-state index contributed by atoms with van der Waals surface area (Å²) in [5.41, 5.74) is 3.20. The number of carbonyl (C=O) groups is 1. The maximum atomic E-state index is 12.5. The van der Waals surface area contributed by atoms with E-state index < -0.39 is 0 Å². The quantitative estimate of drug-likeness (QED) is 0.791. The summed E-state index contributed by atoms with van der Waals surface area (Å²) in [6.45, 7) is 7.55. The van der Waals surface area contributed by atoms with Crippen molar-refractivity contribution in [2.75, 3.05) is 57.4 Å². The lowest BCUT2D eigenvalue weighted by atomic mass is 10.1. The SMILES string of the molecule is O=C(c1ccc(CN2CCN(c3cccc(Cl)c3)CC2)cc1)N1CCOCC1. The molecule has 0 N–H and O–H groups in total. The van der Waals surface area contributed by atoms with E-state index in [-0.39, 0.29) is 5.91 Å². The van der Waals surface area contributed by atoms with Gasteiger partial charge in [0.1, 0.15) is 0 Å². The average Bonchev–Trinajstić information content (AvgIpc) is 2.75. The van der Waals surface area contributed by atoms with E-state index in [0.29, 0.717) is 26.3 Å². The highest BCUT2D eigenvalue weighted by molar-refractivity contribution is 6.30. The van der Waals surface area contributed by atoms with Gasteiger partial charge >= 0.3 is 0 Å². The third-order valence-corrected chi connectivity index (χ3v) is 5.69. The van der Waals surface area contributed by atoms with E-state index in [9.17, 15) is 4.79 Å². The molecule has 0 unspecified atom stereocenters. The fourth-order valence-electron chi connectivity index (χ4n) is 3.80. The van der Waals surface area contributed by atoms with Crippen LogP contribution in [-0.2, 0) is 11.3 Å². The van der Waals surface area contributed by atoms with Crippen molar-refractivity contribution in [1.82, 2.24) is 9.80 Å². The van der Waals surface area contributed by atoms with Gasteiger partial charge in [0.2, 0.25) is 0 Å². The molecule has 0 atom stereocenters. The standard InChI is InChI=1S/C22H26ClN3O2/c23-20-2-1-3-21(16-20)25-10-8-24(9-11-25)17-18-4-6-19(7-5-18)22(27)26-12-14-28-15-13-26/h1-7,16H,8-15,17H2. The number of anilines is 1. The Labute approximate surface area is 171 Å². The van der Waals surface area contributed by atoms with Crippen molar-refractivity contribution < 1.29 is 9.53 Å². The summed E-state index contributed by atoms with van der Waals surface area (Å²) in [6.07, 6.45) is 0. The van der Waals surface area contributed by atoms with Crippen molar-refractivity contribution in [3.63, 3.8) is 0 Å². The first-order chi connectivity index (χ1) is 13.7. The number of nitrogens with zero attached hydrogens (tertiary/aromatic N) is 3. The Morgan fingerprint density at radius 1 is 0.929 bits per heavy atom. The summed E-state index contributed by atoms with van der Waals surface area (Å²) >= 11 is 6.11. The zero-order valence-corrected chi connectivity index (χ0v) is 16.8. The van der Waals surface area contributed by atoms with E-state index in [1.165, 1.54) is 11.3 Å². The molecule has 6 heteroatoms. The highest BCUT2D eigenvalue weighted by atomic mass is 35.5. The maximum absolute atomic E-state index is 12.5. The van der Waals surface area contributed by atoms with Crippen LogP contribution in [0, 0.1) is 0 Å². The van der Waals surface area contributed by atoms with Crippen LogP contribution >= 0.6 is 11.6 Å². The lowest BCUT2D eigenvalue weighted by molar-refractivity contribution is 0.0303. The normalized spacial score (nSPS) is 18.3. The van der Waals surface area contributed by atoms with Crippen molar-refractivity contribution in [1.29, 1.82) is 0 Å². The molecule has 2 heterocycles. The average molecular weight is 400 g/mol. The first-order valence-corrected chi connectivity index (χ1v) is 10.3. The molecule has 0 aromatic heterocycles. The van der Waals surface area contributed by atoms with E-state index >= 15 is 0 Å². The second kappa shape index (κ2) is 8.95. The van der Waals surface area contributed by atoms with Crippen LogP contribution in [0.15, 0.2) is 48.5 Å². The summed E-state index contributed by atoms with van der Waals surface area (Å²) < 4.78 is 5.32. The van der Waals surface area contributed by atoms with Gasteiger partial charge in [-0.05, 0) is 35.9 Å². The van der Waals surface area contributed by atoms with E-state index in [0.717, 1.165) is 43.3 Å². The first-order valence-electron chi connectivity index (χ1n) is 9.88. The van der Waals surface area contributed by atoms with Crippen LogP contribution in [0.5, 0.6) is 0 Å². The van der Waals surface area contributed by atoms with Crippen LogP contribution in [0.25, 0.3) is 0 Å². The molecule has 0 bridgehead atoms. The molecule has 0 radical (unpaired) electrons. The van der Waals surface area contributed by atoms with Gasteiger partial charge in [-0.15, -0.1) is 0 Å². The van der Waals surface area contributed by atoms with E-state index in [1.807, 2.05) is 35.2 Å². The topological polar surface area (TPSA) is 36.0 Å². The number of amides is 1. The Balaban J connectivity index is 1.30. The first kappa shape index (κ1) is 19.2. The molecule has 28 heavy (non-hydrogen) atoms. The van der Waals surface area contributed by atoms with E-state index in [4.69, 9.17) is 16.3 Å². The van der Waals surface area contributed by atoms with Gasteiger partial charge in [0.25, 0.3) is 5.91 Å². The van der Waals surface area contributed by atoms with Gasteiger partial charge in [-0.3, -0.25) is 9.69 Å². The second-order valence-electron chi connectivity index (χ2n) is 7.34. The summed E-state index contributed by atoms with van der Waals surface area (Å²) in [6, 6.07) is 16.1. The van der Waals surface area contributed by atoms with Crippen LogP contribution in [0.4, 0.5) is 5.69 Å². The smallest absolute Gasteiger partial charge is 0.254 e. The lowest BCUT2D eigenvalue weighted by Crippen LogP contribution is -2.46. The summed E-state index contributed by atoms with van der Waals surface area (Å²) in [5, 5.41) is 0.784. The van der Waals surface area contributed by atoms with Gasteiger partial charge in [0.15, 0.2) is 0 Å². The molecule has 4 rings (SSSR count). The van der Waals surface area contributed by atoms with Crippen LogP contribution in [0.3, 0.4) is 0 Å². The molecule has 2 aromatic rings. The molecular formula is C22H26ClN3O2. The van der Waals surface area contributed by atoms with Gasteiger partial charge in [-0.1, -0.05) is 29.8 Å². The highest BCUT2D eigenvalue weighted by Gasteiger charge is 2.20. The largest absolute Gasteiger partial charge is 0.378 e. The van der Waals surface area contributed by atoms with Gasteiger partial charge in [-0.25, -0.2) is 0 Å². The Bertz CT molecular complexity index is 798. The number of hydrogen-bond acceptors (Lipinski definition) is 4. The van der Waals surface area contributed by atoms with Gasteiger partial charge in [0, 0.05) is 62.1 Å². The molecule has 148 valence electrons. The number of piperazine rings is 1. The molecule has 2 fully saturated rings. The lowest BCUT2D eigenvalue weighted by Gasteiger charge is -2.36. The van der Waals surface area contributed by atoms with Gasteiger partial charge in [-0.2, -0.15) is 0 Å². The number of benzene rings is 2. The Morgan fingerprint density at radius 2 is 1.64 bits per heavy atom. The minimum Gasteiger partial charge on any atom is -0.378 e. The Kier molecular flexibility index (Phi) is 6.15. The minimum atomic E-state index is 0.102. The highest BCUT2D eigenvalue weighted by Crippen LogP contribution is 2.21. The summed E-state index contributed by atoms with van der Waals surface area (Å²) in [4.78, 5) is 19.2. The van der Waals surface area contributed by atoms with Gasteiger partial charge < -0.3 is 14.5 Å². The van der Waals surface area contributed by atoms with Crippen LogP contribution < -0.4 is 4.90 Å². The van der Waals surface area contributed by atoms with Gasteiger partial charge in [0.05, 0.1) is 13.2 Å². The van der Waals surface area contributed by atoms with Crippen molar-refractivity contribution in [3.05, 3.63) is 64.7 Å². The minimum absolute atomic E-state index is 0.102. The third-order valence-electron chi connectivity index (χ3n) is 5.45. The Hall–Kier alpha value is -2.08. The third kappa shape index (κ3) is 4.66. The monoisotopic (exact) mass is 399 g/mol. The fraction of sp³-hybridized carbons (Fsp3) is 0.409. The van der Waals surface area contributed by atoms with Crippen molar-refractivity contribution >= 4 is 23.2 Å². The predicted molar refractivity (Wildman–Crippen MR) is 112 cm³/mol. The van der Waals surface area contributed by atoms with E-state index in [1.54, 1.807) is 0 Å². The zero-order valence-electron chi connectivity index (χ0n) is 16.0. The number of hydrogen-bond donors (Lipinski definition) is 0. The number of carbonyl (C=O) groups excluding carboxylic acids is 1. The number of ether oxygens (including phenoxy) is 1. The molecule has 0 spiro atoms. The van der Waals surface area contributed by atoms with Crippen LogP contribution in [0.1, 0.15) is 15.9 Å².